The van der Waals surface area contributed by atoms with Crippen molar-refractivity contribution in [2.45, 2.75) is 6.54 Å². The van der Waals surface area contributed by atoms with E-state index in [2.05, 4.69) is 4.98 Å². The highest BCUT2D eigenvalue weighted by Crippen LogP contribution is 2.24. The number of para-hydroxylation sites is 1. The molecule has 98 valence electrons. The van der Waals surface area contributed by atoms with E-state index in [-0.39, 0.29) is 11.5 Å². The Morgan fingerprint density at radius 2 is 1.80 bits per heavy atom. The Balaban J connectivity index is 2.11. The van der Waals surface area contributed by atoms with Crippen LogP contribution in [0.1, 0.15) is 5.56 Å². The van der Waals surface area contributed by atoms with Gasteiger partial charge in [0, 0.05) is 27.6 Å². The van der Waals surface area contributed by atoms with Gasteiger partial charge in [0.25, 0.3) is 0 Å². The van der Waals surface area contributed by atoms with Crippen LogP contribution in [0.5, 0.6) is 0 Å². The molecular weight excluding hydrogens is 252 g/mol. The Labute approximate surface area is 115 Å². The molecule has 0 amide bonds. The van der Waals surface area contributed by atoms with Crippen LogP contribution >= 0.6 is 0 Å². The Kier molecular flexibility index (Phi) is 3.13. The molecule has 0 bridgehead atoms. The fraction of sp³-hybridized carbons (Fsp3) is 0.0625. The first kappa shape index (κ1) is 12.3. The molecule has 1 aromatic heterocycles. The quantitative estimate of drug-likeness (QED) is 0.535. The first-order valence-electron chi connectivity index (χ1n) is 6.29. The van der Waals surface area contributed by atoms with Crippen molar-refractivity contribution < 1.29 is 4.92 Å². The van der Waals surface area contributed by atoms with E-state index < -0.39 is 0 Å². The molecule has 3 rings (SSSR count). The van der Waals surface area contributed by atoms with Crippen molar-refractivity contribution in [2.75, 3.05) is 0 Å². The van der Waals surface area contributed by atoms with Crippen LogP contribution in [0.4, 0.5) is 0 Å². The molecule has 0 spiro atoms. The lowest BCUT2D eigenvalue weighted by Crippen LogP contribution is -1.99. The maximum Gasteiger partial charge on any atom is 0.231 e. The van der Waals surface area contributed by atoms with Gasteiger partial charge in [0.2, 0.25) is 6.54 Å². The zero-order valence-corrected chi connectivity index (χ0v) is 10.7. The number of benzene rings is 2. The van der Waals surface area contributed by atoms with Crippen LogP contribution in [0.2, 0.25) is 0 Å². The van der Waals surface area contributed by atoms with E-state index in [1.807, 2.05) is 48.5 Å². The lowest BCUT2D eigenvalue weighted by Gasteiger charge is -2.05. The van der Waals surface area contributed by atoms with Crippen LogP contribution in [0.15, 0.2) is 60.8 Å². The molecule has 0 fully saturated rings. The Hall–Kier alpha value is -2.75. The van der Waals surface area contributed by atoms with Gasteiger partial charge in [0.05, 0.1) is 5.52 Å². The summed E-state index contributed by atoms with van der Waals surface area (Å²) >= 11 is 0. The summed E-state index contributed by atoms with van der Waals surface area (Å²) < 4.78 is 0. The normalized spacial score (nSPS) is 10.6. The zero-order valence-electron chi connectivity index (χ0n) is 10.7. The smallest absolute Gasteiger partial charge is 0.231 e. The van der Waals surface area contributed by atoms with E-state index >= 15 is 0 Å². The fourth-order valence-electron chi connectivity index (χ4n) is 2.28. The van der Waals surface area contributed by atoms with Crippen molar-refractivity contribution in [2.24, 2.45) is 0 Å². The van der Waals surface area contributed by atoms with Crippen molar-refractivity contribution in [3.8, 4) is 11.1 Å². The topological polar surface area (TPSA) is 56.0 Å². The van der Waals surface area contributed by atoms with Crippen LogP contribution in [-0.4, -0.2) is 9.91 Å². The van der Waals surface area contributed by atoms with Crippen LogP contribution in [0.25, 0.3) is 22.0 Å². The third kappa shape index (κ3) is 2.36. The molecule has 0 saturated heterocycles. The molecule has 3 aromatic rings. The van der Waals surface area contributed by atoms with Crippen molar-refractivity contribution in [3.63, 3.8) is 0 Å². The number of hydrogen-bond donors (Lipinski definition) is 0. The third-order valence-corrected chi connectivity index (χ3v) is 3.20. The predicted octanol–water partition coefficient (Wildman–Crippen LogP) is 3.68. The number of rotatable bonds is 3. The Morgan fingerprint density at radius 1 is 1.00 bits per heavy atom. The summed E-state index contributed by atoms with van der Waals surface area (Å²) in [5, 5.41) is 11.6. The molecule has 0 aliphatic heterocycles. The van der Waals surface area contributed by atoms with Crippen LogP contribution in [0, 0.1) is 10.1 Å². The van der Waals surface area contributed by atoms with Gasteiger partial charge in [-0.15, -0.1) is 0 Å². The second-order valence-electron chi connectivity index (χ2n) is 4.57. The average Bonchev–Trinajstić information content (AvgIpc) is 2.47. The summed E-state index contributed by atoms with van der Waals surface area (Å²) in [5.74, 6) is 0. The highest BCUT2D eigenvalue weighted by molar-refractivity contribution is 5.85. The number of hydrogen-bond acceptors (Lipinski definition) is 3. The standard InChI is InChI=1S/C16H12N2O2/c19-18(20)11-14-8-4-7-13-9-15(10-17-16(13)14)12-5-2-1-3-6-12/h1-10H,11H2. The highest BCUT2D eigenvalue weighted by atomic mass is 16.6. The van der Waals surface area contributed by atoms with E-state index in [4.69, 9.17) is 0 Å². The minimum atomic E-state index is -0.332. The van der Waals surface area contributed by atoms with Crippen molar-refractivity contribution in [1.29, 1.82) is 0 Å². The number of nitrogens with zero attached hydrogens (tertiary/aromatic N) is 2. The Bertz CT molecular complexity index is 770. The van der Waals surface area contributed by atoms with E-state index in [1.165, 1.54) is 0 Å². The largest absolute Gasteiger partial charge is 0.264 e. The van der Waals surface area contributed by atoms with Gasteiger partial charge in [-0.3, -0.25) is 15.1 Å². The maximum atomic E-state index is 10.7. The van der Waals surface area contributed by atoms with Crippen molar-refractivity contribution in [3.05, 3.63) is 76.5 Å². The van der Waals surface area contributed by atoms with Crippen LogP contribution in [-0.2, 0) is 6.54 Å². The highest BCUT2D eigenvalue weighted by Gasteiger charge is 2.08. The summed E-state index contributed by atoms with van der Waals surface area (Å²) in [6.07, 6.45) is 1.76. The first-order valence-corrected chi connectivity index (χ1v) is 6.29. The van der Waals surface area contributed by atoms with Gasteiger partial charge in [0.15, 0.2) is 0 Å². The molecule has 4 heteroatoms. The minimum Gasteiger partial charge on any atom is -0.264 e. The lowest BCUT2D eigenvalue weighted by atomic mass is 10.0. The van der Waals surface area contributed by atoms with Gasteiger partial charge < -0.3 is 0 Å². The number of fused-ring (bicyclic) bond motifs is 1. The fourth-order valence-corrected chi connectivity index (χ4v) is 2.28. The monoisotopic (exact) mass is 264 g/mol. The summed E-state index contributed by atoms with van der Waals surface area (Å²) in [6, 6.07) is 17.5. The number of nitro groups is 1. The molecule has 0 aliphatic carbocycles. The summed E-state index contributed by atoms with van der Waals surface area (Å²) in [5.41, 5.74) is 3.44. The summed E-state index contributed by atoms with van der Waals surface area (Å²) in [7, 11) is 0. The first-order chi connectivity index (χ1) is 9.74. The van der Waals surface area contributed by atoms with Gasteiger partial charge in [-0.2, -0.15) is 0 Å². The second-order valence-corrected chi connectivity index (χ2v) is 4.57. The van der Waals surface area contributed by atoms with Crippen molar-refractivity contribution >= 4 is 10.9 Å². The molecule has 20 heavy (non-hydrogen) atoms. The van der Waals surface area contributed by atoms with Gasteiger partial charge >= 0.3 is 0 Å². The van der Waals surface area contributed by atoms with Crippen LogP contribution < -0.4 is 0 Å². The molecule has 0 radical (unpaired) electrons. The number of aromatic nitrogens is 1. The third-order valence-electron chi connectivity index (χ3n) is 3.20. The molecule has 0 unspecified atom stereocenters. The minimum absolute atomic E-state index is 0.199. The number of pyridine rings is 1. The van der Waals surface area contributed by atoms with Gasteiger partial charge in [-0.1, -0.05) is 48.5 Å². The molecular formula is C16H12N2O2. The predicted molar refractivity (Wildman–Crippen MR) is 77.9 cm³/mol. The SMILES string of the molecule is O=[N+]([O-])Cc1cccc2cc(-c3ccccc3)cnc12. The van der Waals surface area contributed by atoms with E-state index in [0.29, 0.717) is 11.1 Å². The molecule has 2 aromatic carbocycles. The second kappa shape index (κ2) is 5.09. The molecule has 0 aliphatic rings. The summed E-state index contributed by atoms with van der Waals surface area (Å²) in [4.78, 5) is 14.8. The Morgan fingerprint density at radius 3 is 2.55 bits per heavy atom. The van der Waals surface area contributed by atoms with Crippen LogP contribution in [0.3, 0.4) is 0 Å². The molecule has 1 heterocycles. The average molecular weight is 264 g/mol. The van der Waals surface area contributed by atoms with Crippen molar-refractivity contribution in [1.82, 2.24) is 4.98 Å². The molecule has 0 atom stereocenters. The molecule has 0 saturated carbocycles. The van der Waals surface area contributed by atoms with Gasteiger partial charge in [0.1, 0.15) is 0 Å². The zero-order chi connectivity index (χ0) is 13.9. The van der Waals surface area contributed by atoms with E-state index in [0.717, 1.165) is 16.5 Å². The lowest BCUT2D eigenvalue weighted by molar-refractivity contribution is -0.496. The maximum absolute atomic E-state index is 10.7. The van der Waals surface area contributed by atoms with E-state index in [9.17, 15) is 10.1 Å². The van der Waals surface area contributed by atoms with Gasteiger partial charge in [-0.25, -0.2) is 0 Å². The molecule has 0 N–H and O–H groups in total. The van der Waals surface area contributed by atoms with E-state index in [1.54, 1.807) is 12.3 Å². The summed E-state index contributed by atoms with van der Waals surface area (Å²) in [6.45, 7) is -0.199. The van der Waals surface area contributed by atoms with Gasteiger partial charge in [-0.05, 0) is 11.6 Å². The molecule has 4 nitrogen and oxygen atoms in total.